The number of hydrogen-bond donors (Lipinski definition) is 2. The highest BCUT2D eigenvalue weighted by molar-refractivity contribution is 9.10. The minimum Gasteiger partial charge on any atom is -0.496 e. The molecule has 2 aromatic carbocycles. The van der Waals surface area contributed by atoms with Gasteiger partial charge in [0, 0.05) is 16.6 Å². The third-order valence-electron chi connectivity index (χ3n) is 2.91. The fourth-order valence-electron chi connectivity index (χ4n) is 2.01. The number of methoxy groups -OCH3 is 1. The minimum atomic E-state index is -0.576. The molecule has 2 aromatic rings. The van der Waals surface area contributed by atoms with Crippen LogP contribution in [0.1, 0.15) is 11.7 Å². The SMILES string of the molecule is CNCC(O)c1cc2cc(Br)ccc2cc1OC. The first kappa shape index (κ1) is 13.3. The van der Waals surface area contributed by atoms with Gasteiger partial charge in [0.1, 0.15) is 5.75 Å². The second-order valence-corrected chi connectivity index (χ2v) is 5.07. The van der Waals surface area contributed by atoms with Crippen LogP contribution in [0.5, 0.6) is 5.75 Å². The normalized spacial score (nSPS) is 12.7. The fraction of sp³-hybridized carbons (Fsp3) is 0.286. The molecule has 0 radical (unpaired) electrons. The highest BCUT2D eigenvalue weighted by Gasteiger charge is 2.13. The van der Waals surface area contributed by atoms with Crippen molar-refractivity contribution in [1.29, 1.82) is 0 Å². The molecule has 1 unspecified atom stereocenters. The van der Waals surface area contributed by atoms with Gasteiger partial charge in [0.2, 0.25) is 0 Å². The lowest BCUT2D eigenvalue weighted by Gasteiger charge is -2.15. The Morgan fingerprint density at radius 3 is 2.72 bits per heavy atom. The topological polar surface area (TPSA) is 41.5 Å². The van der Waals surface area contributed by atoms with Crippen molar-refractivity contribution >= 4 is 26.7 Å². The first-order valence-electron chi connectivity index (χ1n) is 5.75. The Morgan fingerprint density at radius 1 is 1.28 bits per heavy atom. The van der Waals surface area contributed by atoms with E-state index >= 15 is 0 Å². The molecule has 2 N–H and O–H groups in total. The lowest BCUT2D eigenvalue weighted by molar-refractivity contribution is 0.173. The van der Waals surface area contributed by atoms with Gasteiger partial charge in [-0.3, -0.25) is 0 Å². The summed E-state index contributed by atoms with van der Waals surface area (Å²) < 4.78 is 6.37. The molecule has 0 spiro atoms. The van der Waals surface area contributed by atoms with E-state index in [1.54, 1.807) is 7.11 Å². The molecule has 0 heterocycles. The summed E-state index contributed by atoms with van der Waals surface area (Å²) in [7, 11) is 3.43. The van der Waals surface area contributed by atoms with Crippen molar-refractivity contribution in [2.45, 2.75) is 6.10 Å². The Kier molecular flexibility index (Phi) is 4.22. The third-order valence-corrected chi connectivity index (χ3v) is 3.40. The molecule has 3 nitrogen and oxygen atoms in total. The number of fused-ring (bicyclic) bond motifs is 1. The van der Waals surface area contributed by atoms with Crippen molar-refractivity contribution in [3.05, 3.63) is 40.4 Å². The van der Waals surface area contributed by atoms with Gasteiger partial charge in [0.25, 0.3) is 0 Å². The van der Waals surface area contributed by atoms with E-state index in [1.165, 1.54) is 0 Å². The summed E-state index contributed by atoms with van der Waals surface area (Å²) in [5.74, 6) is 0.715. The first-order valence-corrected chi connectivity index (χ1v) is 6.55. The van der Waals surface area contributed by atoms with Crippen LogP contribution >= 0.6 is 15.9 Å². The zero-order valence-corrected chi connectivity index (χ0v) is 12.0. The third kappa shape index (κ3) is 2.66. The summed E-state index contributed by atoms with van der Waals surface area (Å²) in [5.41, 5.74) is 0.803. The Bertz CT molecular complexity index is 557. The van der Waals surface area contributed by atoms with Crippen LogP contribution in [0.15, 0.2) is 34.8 Å². The molecule has 0 saturated carbocycles. The van der Waals surface area contributed by atoms with Crippen molar-refractivity contribution < 1.29 is 9.84 Å². The smallest absolute Gasteiger partial charge is 0.125 e. The maximum atomic E-state index is 10.1. The number of rotatable bonds is 4. The Balaban J connectivity index is 2.56. The maximum Gasteiger partial charge on any atom is 0.125 e. The number of halogens is 1. The predicted octanol–water partition coefficient (Wildman–Crippen LogP) is 2.86. The lowest BCUT2D eigenvalue weighted by Crippen LogP contribution is -2.17. The highest BCUT2D eigenvalue weighted by atomic mass is 79.9. The standard InChI is InChI=1S/C14H16BrNO2/c1-16-8-13(17)12-6-10-5-11(15)4-3-9(10)7-14(12)18-2/h3-7,13,16-17H,8H2,1-2H3. The van der Waals surface area contributed by atoms with Crippen molar-refractivity contribution in [2.75, 3.05) is 20.7 Å². The molecule has 0 aromatic heterocycles. The van der Waals surface area contributed by atoms with Crippen LogP contribution in [0, 0.1) is 0 Å². The summed E-state index contributed by atoms with van der Waals surface area (Å²) in [6.07, 6.45) is -0.576. The maximum absolute atomic E-state index is 10.1. The van der Waals surface area contributed by atoms with Gasteiger partial charge < -0.3 is 15.2 Å². The number of nitrogens with one attached hydrogen (secondary N) is 1. The molecule has 0 amide bonds. The number of aliphatic hydroxyl groups is 1. The fourth-order valence-corrected chi connectivity index (χ4v) is 2.38. The molecule has 18 heavy (non-hydrogen) atoms. The van der Waals surface area contributed by atoms with Crippen molar-refractivity contribution in [2.24, 2.45) is 0 Å². The van der Waals surface area contributed by atoms with E-state index in [-0.39, 0.29) is 0 Å². The summed E-state index contributed by atoms with van der Waals surface area (Å²) in [6.45, 7) is 0.496. The van der Waals surface area contributed by atoms with Crippen molar-refractivity contribution in [1.82, 2.24) is 5.32 Å². The molecule has 0 fully saturated rings. The van der Waals surface area contributed by atoms with E-state index in [0.29, 0.717) is 12.3 Å². The van der Waals surface area contributed by atoms with Gasteiger partial charge in [-0.1, -0.05) is 22.0 Å². The van der Waals surface area contributed by atoms with Crippen molar-refractivity contribution in [3.8, 4) is 5.75 Å². The average molecular weight is 310 g/mol. The number of aliphatic hydroxyl groups excluding tert-OH is 1. The second kappa shape index (κ2) is 5.69. The summed E-state index contributed by atoms with van der Waals surface area (Å²) in [4.78, 5) is 0. The minimum absolute atomic E-state index is 0.496. The molecular weight excluding hydrogens is 294 g/mol. The predicted molar refractivity (Wildman–Crippen MR) is 77.1 cm³/mol. The van der Waals surface area contributed by atoms with E-state index in [1.807, 2.05) is 37.4 Å². The molecule has 1 atom stereocenters. The zero-order chi connectivity index (χ0) is 13.1. The summed E-state index contributed by atoms with van der Waals surface area (Å²) >= 11 is 3.45. The van der Waals surface area contributed by atoms with Crippen molar-refractivity contribution in [3.63, 3.8) is 0 Å². The quantitative estimate of drug-likeness (QED) is 0.912. The average Bonchev–Trinajstić information content (AvgIpc) is 2.37. The Labute approximate surface area is 115 Å². The van der Waals surface area contributed by atoms with Crippen LogP contribution in [0.25, 0.3) is 10.8 Å². The number of ether oxygens (including phenoxy) is 1. The number of likely N-dealkylation sites (N-methyl/N-ethyl adjacent to an activating group) is 1. The molecule has 96 valence electrons. The van der Waals surface area contributed by atoms with E-state index in [9.17, 15) is 5.11 Å². The highest BCUT2D eigenvalue weighted by Crippen LogP contribution is 2.31. The van der Waals surface area contributed by atoms with Crippen LogP contribution < -0.4 is 10.1 Å². The Morgan fingerprint density at radius 2 is 2.06 bits per heavy atom. The number of hydrogen-bond acceptors (Lipinski definition) is 3. The van der Waals surface area contributed by atoms with Crippen LogP contribution in [-0.4, -0.2) is 25.8 Å². The number of benzene rings is 2. The molecule has 4 heteroatoms. The van der Waals surface area contributed by atoms with Crippen LogP contribution in [-0.2, 0) is 0 Å². The van der Waals surface area contributed by atoms with Gasteiger partial charge in [-0.15, -0.1) is 0 Å². The van der Waals surface area contributed by atoms with Crippen LogP contribution in [0.2, 0.25) is 0 Å². The van der Waals surface area contributed by atoms with Gasteiger partial charge in [-0.2, -0.15) is 0 Å². The monoisotopic (exact) mass is 309 g/mol. The van der Waals surface area contributed by atoms with E-state index in [2.05, 4.69) is 21.2 Å². The van der Waals surface area contributed by atoms with E-state index in [4.69, 9.17) is 4.74 Å². The van der Waals surface area contributed by atoms with Crippen LogP contribution in [0.3, 0.4) is 0 Å². The van der Waals surface area contributed by atoms with Gasteiger partial charge in [0.15, 0.2) is 0 Å². The van der Waals surface area contributed by atoms with E-state index in [0.717, 1.165) is 20.8 Å². The molecular formula is C14H16BrNO2. The lowest BCUT2D eigenvalue weighted by atomic mass is 10.0. The van der Waals surface area contributed by atoms with Gasteiger partial charge in [-0.25, -0.2) is 0 Å². The molecule has 0 aliphatic carbocycles. The molecule has 0 saturated heterocycles. The zero-order valence-electron chi connectivity index (χ0n) is 10.4. The first-order chi connectivity index (χ1) is 8.65. The van der Waals surface area contributed by atoms with Gasteiger partial charge in [-0.05, 0) is 42.1 Å². The van der Waals surface area contributed by atoms with Gasteiger partial charge >= 0.3 is 0 Å². The van der Waals surface area contributed by atoms with Crippen LogP contribution in [0.4, 0.5) is 0 Å². The van der Waals surface area contributed by atoms with E-state index < -0.39 is 6.10 Å². The molecule has 0 aliphatic rings. The summed E-state index contributed by atoms with van der Waals surface area (Å²) in [5, 5.41) is 15.2. The van der Waals surface area contributed by atoms with Gasteiger partial charge in [0.05, 0.1) is 13.2 Å². The molecule has 2 rings (SSSR count). The largest absolute Gasteiger partial charge is 0.496 e. The Hall–Kier alpha value is -1.10. The second-order valence-electron chi connectivity index (χ2n) is 4.16. The molecule has 0 bridgehead atoms. The molecule has 0 aliphatic heterocycles. The summed E-state index contributed by atoms with van der Waals surface area (Å²) in [6, 6.07) is 9.98.